The number of benzene rings is 1. The van der Waals surface area contributed by atoms with Crippen molar-refractivity contribution in [2.45, 2.75) is 63.8 Å². The number of halogens is 1. The van der Waals surface area contributed by atoms with E-state index in [0.717, 1.165) is 30.4 Å². The molecule has 1 atom stereocenters. The van der Waals surface area contributed by atoms with Gasteiger partial charge in [0.2, 0.25) is 10.0 Å². The minimum atomic E-state index is -3.47. The number of hydrogen-bond acceptors (Lipinski definition) is 2. The normalized spacial score (nSPS) is 13.6. The van der Waals surface area contributed by atoms with Crippen molar-refractivity contribution in [3.63, 3.8) is 0 Å². The van der Waals surface area contributed by atoms with Crippen molar-refractivity contribution in [3.8, 4) is 0 Å². The van der Waals surface area contributed by atoms with Gasteiger partial charge in [0, 0.05) is 18.5 Å². The minimum absolute atomic E-state index is 0.000563. The molecule has 0 amide bonds. The maximum Gasteiger partial charge on any atom is 0.243 e. The Morgan fingerprint density at radius 2 is 1.95 bits per heavy atom. The van der Waals surface area contributed by atoms with Gasteiger partial charge in [0.05, 0.1) is 4.90 Å². The van der Waals surface area contributed by atoms with E-state index in [0.29, 0.717) is 17.3 Å². The highest BCUT2D eigenvalue weighted by atomic mass is 35.5. The van der Waals surface area contributed by atoms with Gasteiger partial charge in [-0.3, -0.25) is 0 Å². The van der Waals surface area contributed by atoms with E-state index in [1.807, 2.05) is 32.9 Å². The molecule has 0 spiro atoms. The Kier molecular flexibility index (Phi) is 7.17. The molecule has 0 aliphatic rings. The molecule has 0 N–H and O–H groups in total. The second-order valence-electron chi connectivity index (χ2n) is 5.46. The zero-order valence-corrected chi connectivity index (χ0v) is 15.0. The molecule has 21 heavy (non-hydrogen) atoms. The van der Waals surface area contributed by atoms with Gasteiger partial charge in [0.25, 0.3) is 0 Å². The molecule has 0 radical (unpaired) electrons. The summed E-state index contributed by atoms with van der Waals surface area (Å²) in [5.41, 5.74) is 1.61. The van der Waals surface area contributed by atoms with Crippen LogP contribution in [0.3, 0.4) is 0 Å². The second-order valence-corrected chi connectivity index (χ2v) is 7.59. The van der Waals surface area contributed by atoms with E-state index >= 15 is 0 Å². The first kappa shape index (κ1) is 18.5. The van der Waals surface area contributed by atoms with Crippen molar-refractivity contribution in [3.05, 3.63) is 29.3 Å². The standard InChI is InChI=1S/C16H26ClNO2S/c1-5-7-10-18(14(4)6-2)21(19,20)16-11-15(12-17)9-8-13(16)3/h8-9,11,14H,5-7,10,12H2,1-4H3. The van der Waals surface area contributed by atoms with Gasteiger partial charge in [-0.05, 0) is 43.9 Å². The Bertz CT molecular complexity index is 557. The predicted molar refractivity (Wildman–Crippen MR) is 89.3 cm³/mol. The third-order valence-corrected chi connectivity index (χ3v) is 6.27. The van der Waals surface area contributed by atoms with Crippen LogP contribution in [0.15, 0.2) is 23.1 Å². The number of hydrogen-bond donors (Lipinski definition) is 0. The molecule has 5 heteroatoms. The summed E-state index contributed by atoms with van der Waals surface area (Å²) < 4.78 is 27.7. The topological polar surface area (TPSA) is 37.4 Å². The monoisotopic (exact) mass is 331 g/mol. The lowest BCUT2D eigenvalue weighted by molar-refractivity contribution is 0.324. The van der Waals surface area contributed by atoms with Crippen LogP contribution >= 0.6 is 11.6 Å². The van der Waals surface area contributed by atoms with Gasteiger partial charge >= 0.3 is 0 Å². The number of sulfonamides is 1. The lowest BCUT2D eigenvalue weighted by Gasteiger charge is -2.28. The van der Waals surface area contributed by atoms with Gasteiger partial charge in [-0.1, -0.05) is 32.4 Å². The first-order valence-corrected chi connectivity index (χ1v) is 9.53. The fourth-order valence-electron chi connectivity index (χ4n) is 2.23. The summed E-state index contributed by atoms with van der Waals surface area (Å²) in [6.45, 7) is 8.45. The summed E-state index contributed by atoms with van der Waals surface area (Å²) in [5.74, 6) is 0.321. The van der Waals surface area contributed by atoms with Crippen LogP contribution in [0.4, 0.5) is 0 Å². The highest BCUT2D eigenvalue weighted by molar-refractivity contribution is 7.89. The molecule has 0 saturated carbocycles. The number of rotatable bonds is 8. The fraction of sp³-hybridized carbons (Fsp3) is 0.625. The van der Waals surface area contributed by atoms with E-state index in [-0.39, 0.29) is 6.04 Å². The summed E-state index contributed by atoms with van der Waals surface area (Å²) in [4.78, 5) is 0.386. The molecule has 0 heterocycles. The summed E-state index contributed by atoms with van der Waals surface area (Å²) in [6.07, 6.45) is 2.65. The van der Waals surface area contributed by atoms with Crippen LogP contribution in [-0.4, -0.2) is 25.3 Å². The molecule has 1 aromatic rings. The highest BCUT2D eigenvalue weighted by Gasteiger charge is 2.29. The molecule has 0 saturated heterocycles. The molecule has 0 fully saturated rings. The average Bonchev–Trinajstić information content (AvgIpc) is 2.47. The van der Waals surface area contributed by atoms with Crippen molar-refractivity contribution in [1.29, 1.82) is 0 Å². The van der Waals surface area contributed by atoms with E-state index in [4.69, 9.17) is 11.6 Å². The van der Waals surface area contributed by atoms with Gasteiger partial charge < -0.3 is 0 Å². The fourth-order valence-corrected chi connectivity index (χ4v) is 4.41. The highest BCUT2D eigenvalue weighted by Crippen LogP contribution is 2.25. The smallest absolute Gasteiger partial charge is 0.207 e. The van der Waals surface area contributed by atoms with E-state index in [9.17, 15) is 8.42 Å². The van der Waals surface area contributed by atoms with Crippen LogP contribution < -0.4 is 0 Å². The Morgan fingerprint density at radius 1 is 1.29 bits per heavy atom. The Hall–Kier alpha value is -0.580. The van der Waals surface area contributed by atoms with Gasteiger partial charge in [0.15, 0.2) is 0 Å². The summed E-state index contributed by atoms with van der Waals surface area (Å²) in [5, 5.41) is 0. The molecule has 1 aromatic carbocycles. The molecule has 3 nitrogen and oxygen atoms in total. The molecule has 0 aromatic heterocycles. The van der Waals surface area contributed by atoms with Crippen LogP contribution in [0, 0.1) is 6.92 Å². The zero-order valence-electron chi connectivity index (χ0n) is 13.4. The van der Waals surface area contributed by atoms with E-state index in [2.05, 4.69) is 6.92 Å². The minimum Gasteiger partial charge on any atom is -0.207 e. The van der Waals surface area contributed by atoms with Crippen LogP contribution in [-0.2, 0) is 15.9 Å². The SMILES string of the molecule is CCCCN(C(C)CC)S(=O)(=O)c1cc(CCl)ccc1C. The first-order valence-electron chi connectivity index (χ1n) is 7.55. The van der Waals surface area contributed by atoms with Gasteiger partial charge in [-0.2, -0.15) is 4.31 Å². The largest absolute Gasteiger partial charge is 0.243 e. The molecular formula is C16H26ClNO2S. The van der Waals surface area contributed by atoms with Crippen LogP contribution in [0.5, 0.6) is 0 Å². The van der Waals surface area contributed by atoms with Crippen molar-refractivity contribution in [1.82, 2.24) is 4.31 Å². The number of unbranched alkanes of at least 4 members (excludes halogenated alkanes) is 1. The molecular weight excluding hydrogens is 306 g/mol. The van der Waals surface area contributed by atoms with Gasteiger partial charge in [-0.15, -0.1) is 11.6 Å². The molecule has 0 bridgehead atoms. The Morgan fingerprint density at radius 3 is 2.48 bits per heavy atom. The number of alkyl halides is 1. The van der Waals surface area contributed by atoms with Crippen LogP contribution in [0.2, 0.25) is 0 Å². The van der Waals surface area contributed by atoms with Gasteiger partial charge in [-0.25, -0.2) is 8.42 Å². The Balaban J connectivity index is 3.27. The molecule has 0 aliphatic carbocycles. The van der Waals surface area contributed by atoms with E-state index in [1.165, 1.54) is 0 Å². The van der Waals surface area contributed by atoms with Crippen molar-refractivity contribution >= 4 is 21.6 Å². The second kappa shape index (κ2) is 8.16. The number of aryl methyl sites for hydroxylation is 1. The van der Waals surface area contributed by atoms with E-state index in [1.54, 1.807) is 10.4 Å². The summed E-state index contributed by atoms with van der Waals surface area (Å²) >= 11 is 5.85. The maximum atomic E-state index is 13.0. The molecule has 0 aliphatic heterocycles. The molecule has 1 rings (SSSR count). The molecule has 120 valence electrons. The third kappa shape index (κ3) is 4.44. The quantitative estimate of drug-likeness (QED) is 0.665. The predicted octanol–water partition coefficient (Wildman–Crippen LogP) is 4.32. The Labute approximate surface area is 134 Å². The van der Waals surface area contributed by atoms with Crippen LogP contribution in [0.1, 0.15) is 51.2 Å². The lowest BCUT2D eigenvalue weighted by Crippen LogP contribution is -2.39. The number of nitrogens with zero attached hydrogens (tertiary/aromatic N) is 1. The van der Waals surface area contributed by atoms with Gasteiger partial charge in [0.1, 0.15) is 0 Å². The maximum absolute atomic E-state index is 13.0. The van der Waals surface area contributed by atoms with E-state index < -0.39 is 10.0 Å². The van der Waals surface area contributed by atoms with Crippen molar-refractivity contribution < 1.29 is 8.42 Å². The lowest BCUT2D eigenvalue weighted by atomic mass is 10.2. The molecule has 1 unspecified atom stereocenters. The summed E-state index contributed by atoms with van der Waals surface area (Å²) in [6, 6.07) is 5.42. The third-order valence-electron chi connectivity index (χ3n) is 3.81. The van der Waals surface area contributed by atoms with Crippen molar-refractivity contribution in [2.24, 2.45) is 0 Å². The van der Waals surface area contributed by atoms with Crippen LogP contribution in [0.25, 0.3) is 0 Å². The average molecular weight is 332 g/mol. The summed E-state index contributed by atoms with van der Waals surface area (Å²) in [7, 11) is -3.47. The first-order chi connectivity index (χ1) is 9.88. The van der Waals surface area contributed by atoms with Crippen molar-refractivity contribution in [2.75, 3.05) is 6.54 Å². The zero-order chi connectivity index (χ0) is 16.0.